The van der Waals surface area contributed by atoms with Crippen LogP contribution < -0.4 is 11.1 Å². The molecule has 11 heteroatoms. The number of rotatable bonds is 12. The fourth-order valence-corrected chi connectivity index (χ4v) is 4.39. The fourth-order valence-electron chi connectivity index (χ4n) is 4.39. The molecule has 1 unspecified atom stereocenters. The van der Waals surface area contributed by atoms with Gasteiger partial charge in [0.1, 0.15) is 18.2 Å². The number of fused-ring (bicyclic) bond motifs is 1. The van der Waals surface area contributed by atoms with E-state index in [0.717, 1.165) is 48.6 Å². The molecule has 1 aliphatic rings. The van der Waals surface area contributed by atoms with Crippen molar-refractivity contribution in [1.29, 1.82) is 0 Å². The van der Waals surface area contributed by atoms with E-state index in [1.54, 1.807) is 13.1 Å². The van der Waals surface area contributed by atoms with Gasteiger partial charge >= 0.3 is 18.1 Å². The average molecular weight is 532 g/mol. The van der Waals surface area contributed by atoms with Crippen molar-refractivity contribution in [1.82, 2.24) is 10.3 Å². The molecule has 1 aromatic heterocycles. The molecule has 0 spiro atoms. The van der Waals surface area contributed by atoms with E-state index in [1.807, 2.05) is 24.3 Å². The summed E-state index contributed by atoms with van der Waals surface area (Å²) in [6.45, 7) is 3.26. The Morgan fingerprint density at radius 2 is 1.82 bits per heavy atom. The van der Waals surface area contributed by atoms with Gasteiger partial charge in [0.25, 0.3) is 0 Å². The van der Waals surface area contributed by atoms with Gasteiger partial charge in [-0.1, -0.05) is 24.6 Å². The van der Waals surface area contributed by atoms with Crippen molar-refractivity contribution >= 4 is 34.9 Å². The zero-order valence-electron chi connectivity index (χ0n) is 21.9. The minimum atomic E-state index is -1.22. The summed E-state index contributed by atoms with van der Waals surface area (Å²) in [6.07, 6.45) is 4.15. The van der Waals surface area contributed by atoms with E-state index in [4.69, 9.17) is 24.7 Å². The van der Waals surface area contributed by atoms with Crippen LogP contribution in [-0.4, -0.2) is 60.1 Å². The number of nitrogens with one attached hydrogen (secondary N) is 2. The van der Waals surface area contributed by atoms with Gasteiger partial charge in [-0.3, -0.25) is 9.59 Å². The first-order valence-corrected chi connectivity index (χ1v) is 13.1. The molecule has 208 valence electrons. The molecule has 3 atom stereocenters. The number of aromatic nitrogens is 1. The molecule has 1 aromatic carbocycles. The third-order valence-corrected chi connectivity index (χ3v) is 6.35. The number of amides is 1. The highest BCUT2D eigenvalue weighted by molar-refractivity contribution is 5.87. The van der Waals surface area contributed by atoms with Crippen molar-refractivity contribution in [3.63, 3.8) is 0 Å². The number of para-hydroxylation sites is 1. The molecule has 4 N–H and O–H groups in total. The summed E-state index contributed by atoms with van der Waals surface area (Å²) < 4.78 is 20.6. The molecule has 11 nitrogen and oxygen atoms in total. The first-order valence-electron chi connectivity index (χ1n) is 13.1. The molecule has 1 heterocycles. The quantitative estimate of drug-likeness (QED) is 0.212. The summed E-state index contributed by atoms with van der Waals surface area (Å²) in [7, 11) is 0. The molecule has 3 rings (SSSR count). The molecule has 38 heavy (non-hydrogen) atoms. The Balaban J connectivity index is 1.61. The Kier molecular flexibility index (Phi) is 11.0. The number of nitrogens with two attached hydrogens (primary N) is 1. The van der Waals surface area contributed by atoms with Crippen LogP contribution in [0, 0.1) is 0 Å². The highest BCUT2D eigenvalue weighted by Gasteiger charge is 2.28. The molecule has 1 amide bonds. The summed E-state index contributed by atoms with van der Waals surface area (Å²) in [5.74, 6) is -1.87. The molecule has 0 bridgehead atoms. The Labute approximate surface area is 221 Å². The van der Waals surface area contributed by atoms with Crippen LogP contribution >= 0.6 is 0 Å². The lowest BCUT2D eigenvalue weighted by Gasteiger charge is -2.23. The van der Waals surface area contributed by atoms with Crippen LogP contribution in [0.3, 0.4) is 0 Å². The Morgan fingerprint density at radius 3 is 2.55 bits per heavy atom. The zero-order valence-corrected chi connectivity index (χ0v) is 21.9. The lowest BCUT2D eigenvalue weighted by atomic mass is 9.98. The normalized spacial score (nSPS) is 16.2. The highest BCUT2D eigenvalue weighted by atomic mass is 16.8. The minimum absolute atomic E-state index is 0.0477. The van der Waals surface area contributed by atoms with Gasteiger partial charge in [-0.2, -0.15) is 0 Å². The largest absolute Gasteiger partial charge is 0.511 e. The maximum Gasteiger partial charge on any atom is 0.511 e. The predicted octanol–water partition coefficient (Wildman–Crippen LogP) is 3.24. The number of ether oxygens (including phenoxy) is 4. The summed E-state index contributed by atoms with van der Waals surface area (Å²) in [5.41, 5.74) is 7.45. The molecular weight excluding hydrogens is 494 g/mol. The van der Waals surface area contributed by atoms with E-state index in [1.165, 1.54) is 6.92 Å². The third kappa shape index (κ3) is 8.76. The number of hydrogen-bond acceptors (Lipinski definition) is 9. The van der Waals surface area contributed by atoms with Gasteiger partial charge in [0.15, 0.2) is 0 Å². The van der Waals surface area contributed by atoms with Crippen molar-refractivity contribution in [2.75, 3.05) is 6.61 Å². The first kappa shape index (κ1) is 29.0. The molecular formula is C27H37N3O8. The second-order valence-corrected chi connectivity index (χ2v) is 9.33. The Bertz CT molecular complexity index is 1090. The second-order valence-electron chi connectivity index (χ2n) is 9.33. The minimum Gasteiger partial charge on any atom is -0.465 e. The summed E-state index contributed by atoms with van der Waals surface area (Å²) in [6, 6.07) is 5.51. The Morgan fingerprint density at radius 1 is 1.08 bits per heavy atom. The summed E-state index contributed by atoms with van der Waals surface area (Å²) >= 11 is 0. The van der Waals surface area contributed by atoms with Gasteiger partial charge in [0.05, 0.1) is 6.61 Å². The van der Waals surface area contributed by atoms with Crippen LogP contribution in [0.1, 0.15) is 64.4 Å². The number of carbonyl (C=O) groups is 4. The van der Waals surface area contributed by atoms with E-state index in [2.05, 4.69) is 10.3 Å². The number of aromatic amines is 1. The van der Waals surface area contributed by atoms with Crippen LogP contribution in [0.25, 0.3) is 10.9 Å². The van der Waals surface area contributed by atoms with Gasteiger partial charge in [-0.05, 0) is 50.7 Å². The van der Waals surface area contributed by atoms with Crippen molar-refractivity contribution in [2.24, 2.45) is 5.73 Å². The lowest BCUT2D eigenvalue weighted by molar-refractivity contribution is -0.172. The van der Waals surface area contributed by atoms with Gasteiger partial charge in [0.2, 0.25) is 12.2 Å². The predicted molar refractivity (Wildman–Crippen MR) is 138 cm³/mol. The number of H-pyrrole nitrogens is 1. The number of carbonyl (C=O) groups excluding carboxylic acids is 4. The second kappa shape index (κ2) is 14.4. The zero-order chi connectivity index (χ0) is 27.5. The maximum atomic E-state index is 13.1. The SMILES string of the molecule is CCOC(=O)[C@H](N)CCC(=O)N[C@H](Cc1c[nH]c2ccccc12)C(=O)OC(C)OC(=O)OC1CCCCC1. The van der Waals surface area contributed by atoms with Crippen LogP contribution in [-0.2, 0) is 39.8 Å². The Hall–Kier alpha value is -3.60. The number of esters is 2. The van der Waals surface area contributed by atoms with Crippen LogP contribution in [0.15, 0.2) is 30.5 Å². The topological polar surface area (TPSA) is 159 Å². The lowest BCUT2D eigenvalue weighted by Crippen LogP contribution is -2.45. The van der Waals surface area contributed by atoms with Crippen molar-refractivity contribution in [2.45, 2.75) is 89.7 Å². The van der Waals surface area contributed by atoms with E-state index >= 15 is 0 Å². The molecule has 1 aliphatic carbocycles. The average Bonchev–Trinajstić information content (AvgIpc) is 3.30. The van der Waals surface area contributed by atoms with Gasteiger partial charge in [-0.25, -0.2) is 9.59 Å². The van der Waals surface area contributed by atoms with Gasteiger partial charge in [0, 0.05) is 36.9 Å². The molecule has 1 fully saturated rings. The van der Waals surface area contributed by atoms with E-state index in [-0.39, 0.29) is 32.0 Å². The van der Waals surface area contributed by atoms with Crippen LogP contribution in [0.2, 0.25) is 0 Å². The van der Waals surface area contributed by atoms with Crippen molar-refractivity contribution in [3.8, 4) is 0 Å². The van der Waals surface area contributed by atoms with E-state index in [0.29, 0.717) is 0 Å². The molecule has 0 saturated heterocycles. The van der Waals surface area contributed by atoms with Crippen molar-refractivity contribution < 1.29 is 38.1 Å². The van der Waals surface area contributed by atoms with E-state index in [9.17, 15) is 19.2 Å². The third-order valence-electron chi connectivity index (χ3n) is 6.35. The van der Waals surface area contributed by atoms with Crippen LogP contribution in [0.4, 0.5) is 4.79 Å². The van der Waals surface area contributed by atoms with Gasteiger partial charge in [-0.15, -0.1) is 0 Å². The van der Waals surface area contributed by atoms with E-state index < -0.39 is 42.4 Å². The molecule has 2 aromatic rings. The number of benzene rings is 1. The molecule has 0 aliphatic heterocycles. The fraction of sp³-hybridized carbons (Fsp3) is 0.556. The first-order chi connectivity index (χ1) is 18.3. The maximum absolute atomic E-state index is 13.1. The van der Waals surface area contributed by atoms with Crippen molar-refractivity contribution in [3.05, 3.63) is 36.0 Å². The van der Waals surface area contributed by atoms with Gasteiger partial charge < -0.3 is 35.0 Å². The standard InChI is InChI=1S/C27H37N3O8/c1-3-35-25(32)21(28)13-14-24(31)30-23(15-18-16-29-22-12-8-7-11-20(18)22)26(33)36-17(2)37-27(34)38-19-9-5-4-6-10-19/h7-8,11-12,16-17,19,21,23,29H,3-6,9-10,13-15,28H2,1-2H3,(H,30,31)/t17?,21-,23-/m1/s1. The highest BCUT2D eigenvalue weighted by Crippen LogP contribution is 2.22. The monoisotopic (exact) mass is 531 g/mol. The smallest absolute Gasteiger partial charge is 0.465 e. The van der Waals surface area contributed by atoms with Crippen LogP contribution in [0.5, 0.6) is 0 Å². The molecule has 1 saturated carbocycles. The summed E-state index contributed by atoms with van der Waals surface area (Å²) in [4.78, 5) is 52.8. The molecule has 0 radical (unpaired) electrons. The number of hydrogen-bond donors (Lipinski definition) is 3. The summed E-state index contributed by atoms with van der Waals surface area (Å²) in [5, 5.41) is 3.56.